The normalized spacial score (nSPS) is 12.4. The SMILES string of the molecule is CCCNC(c1cncc(F)c1)c1ccc(Br)c(Cl)c1F. The molecule has 1 atom stereocenters. The third kappa shape index (κ3) is 3.78. The van der Waals surface area contributed by atoms with Gasteiger partial charge in [0.2, 0.25) is 0 Å². The van der Waals surface area contributed by atoms with Crippen LogP contribution in [0.3, 0.4) is 0 Å². The van der Waals surface area contributed by atoms with Crippen molar-refractivity contribution >= 4 is 27.5 Å². The average molecular weight is 376 g/mol. The van der Waals surface area contributed by atoms with Gasteiger partial charge in [-0.2, -0.15) is 0 Å². The molecule has 2 rings (SSSR count). The molecule has 1 unspecified atom stereocenters. The monoisotopic (exact) mass is 374 g/mol. The van der Waals surface area contributed by atoms with Gasteiger partial charge in [-0.1, -0.05) is 24.6 Å². The van der Waals surface area contributed by atoms with Crippen LogP contribution in [-0.2, 0) is 0 Å². The average Bonchev–Trinajstić information content (AvgIpc) is 2.47. The summed E-state index contributed by atoms with van der Waals surface area (Å²) in [4.78, 5) is 3.83. The van der Waals surface area contributed by atoms with Gasteiger partial charge < -0.3 is 5.32 Å². The number of pyridine rings is 1. The van der Waals surface area contributed by atoms with Gasteiger partial charge in [-0.15, -0.1) is 0 Å². The highest BCUT2D eigenvalue weighted by atomic mass is 79.9. The molecule has 21 heavy (non-hydrogen) atoms. The summed E-state index contributed by atoms with van der Waals surface area (Å²) in [6.45, 7) is 2.66. The lowest BCUT2D eigenvalue weighted by Crippen LogP contribution is -2.24. The van der Waals surface area contributed by atoms with E-state index >= 15 is 0 Å². The molecular formula is C15H14BrClF2N2. The fraction of sp³-hybridized carbons (Fsp3) is 0.267. The minimum Gasteiger partial charge on any atom is -0.306 e. The summed E-state index contributed by atoms with van der Waals surface area (Å²) in [5.74, 6) is -0.983. The number of aromatic nitrogens is 1. The van der Waals surface area contributed by atoms with Crippen molar-refractivity contribution in [2.24, 2.45) is 0 Å². The van der Waals surface area contributed by atoms with Crippen LogP contribution in [0.2, 0.25) is 5.02 Å². The van der Waals surface area contributed by atoms with Crippen molar-refractivity contribution < 1.29 is 8.78 Å². The van der Waals surface area contributed by atoms with Gasteiger partial charge in [-0.05, 0) is 46.6 Å². The number of nitrogens with one attached hydrogen (secondary N) is 1. The molecule has 0 aliphatic carbocycles. The minimum atomic E-state index is -0.524. The molecule has 0 saturated carbocycles. The van der Waals surface area contributed by atoms with Crippen molar-refractivity contribution in [3.05, 3.63) is 62.8 Å². The van der Waals surface area contributed by atoms with E-state index < -0.39 is 17.7 Å². The molecule has 0 bridgehead atoms. The first-order valence-corrected chi connectivity index (χ1v) is 7.69. The maximum Gasteiger partial charge on any atom is 0.148 e. The zero-order valence-electron chi connectivity index (χ0n) is 11.3. The first-order chi connectivity index (χ1) is 10.0. The molecule has 0 aliphatic rings. The molecule has 1 N–H and O–H groups in total. The van der Waals surface area contributed by atoms with Gasteiger partial charge in [0, 0.05) is 16.2 Å². The van der Waals surface area contributed by atoms with Crippen LogP contribution in [0, 0.1) is 11.6 Å². The largest absolute Gasteiger partial charge is 0.306 e. The molecule has 2 nitrogen and oxygen atoms in total. The summed E-state index contributed by atoms with van der Waals surface area (Å²) in [6, 6.07) is 4.15. The van der Waals surface area contributed by atoms with Crippen molar-refractivity contribution in [1.82, 2.24) is 10.3 Å². The van der Waals surface area contributed by atoms with Crippen LogP contribution < -0.4 is 5.32 Å². The molecule has 1 heterocycles. The summed E-state index contributed by atoms with van der Waals surface area (Å²) in [7, 11) is 0. The number of rotatable bonds is 5. The molecule has 0 amide bonds. The molecule has 0 aliphatic heterocycles. The number of benzene rings is 1. The van der Waals surface area contributed by atoms with E-state index in [1.54, 1.807) is 12.1 Å². The van der Waals surface area contributed by atoms with Gasteiger partial charge >= 0.3 is 0 Å². The van der Waals surface area contributed by atoms with E-state index in [0.29, 0.717) is 22.1 Å². The molecule has 0 fully saturated rings. The fourth-order valence-electron chi connectivity index (χ4n) is 2.05. The minimum absolute atomic E-state index is 0.0140. The summed E-state index contributed by atoms with van der Waals surface area (Å²) in [5, 5.41) is 3.21. The Balaban J connectivity index is 2.48. The van der Waals surface area contributed by atoms with E-state index in [-0.39, 0.29) is 5.02 Å². The van der Waals surface area contributed by atoms with Gasteiger partial charge in [0.05, 0.1) is 17.3 Å². The lowest BCUT2D eigenvalue weighted by atomic mass is 9.99. The number of halogens is 4. The van der Waals surface area contributed by atoms with E-state index in [1.165, 1.54) is 12.3 Å². The van der Waals surface area contributed by atoms with Crippen molar-refractivity contribution in [3.63, 3.8) is 0 Å². The molecule has 2 aromatic rings. The highest BCUT2D eigenvalue weighted by molar-refractivity contribution is 9.10. The summed E-state index contributed by atoms with van der Waals surface area (Å²) < 4.78 is 28.3. The fourth-order valence-corrected chi connectivity index (χ4v) is 2.52. The third-order valence-corrected chi connectivity index (χ3v) is 4.29. The van der Waals surface area contributed by atoms with E-state index in [9.17, 15) is 8.78 Å². The first-order valence-electron chi connectivity index (χ1n) is 6.51. The van der Waals surface area contributed by atoms with Crippen LogP contribution >= 0.6 is 27.5 Å². The Labute approximate surface area is 135 Å². The van der Waals surface area contributed by atoms with Crippen molar-refractivity contribution in [2.45, 2.75) is 19.4 Å². The maximum atomic E-state index is 14.4. The zero-order chi connectivity index (χ0) is 15.4. The van der Waals surface area contributed by atoms with Gasteiger partial charge in [-0.25, -0.2) is 8.78 Å². The molecule has 112 valence electrons. The Morgan fingerprint density at radius 3 is 2.76 bits per heavy atom. The molecule has 1 aromatic heterocycles. The number of hydrogen-bond acceptors (Lipinski definition) is 2. The Morgan fingerprint density at radius 2 is 2.10 bits per heavy atom. The van der Waals surface area contributed by atoms with Gasteiger partial charge in [0.15, 0.2) is 0 Å². The second-order valence-electron chi connectivity index (χ2n) is 4.59. The predicted molar refractivity (Wildman–Crippen MR) is 83.4 cm³/mol. The second kappa shape index (κ2) is 7.29. The van der Waals surface area contributed by atoms with E-state index in [1.807, 2.05) is 6.92 Å². The van der Waals surface area contributed by atoms with E-state index in [2.05, 4.69) is 26.2 Å². The molecule has 0 radical (unpaired) electrons. The Bertz CT molecular complexity index is 637. The Kier molecular flexibility index (Phi) is 5.67. The van der Waals surface area contributed by atoms with Gasteiger partial charge in [0.1, 0.15) is 11.6 Å². The lowest BCUT2D eigenvalue weighted by Gasteiger charge is -2.20. The van der Waals surface area contributed by atoms with Crippen LogP contribution in [0.1, 0.15) is 30.5 Å². The summed E-state index contributed by atoms with van der Waals surface area (Å²) >= 11 is 9.13. The van der Waals surface area contributed by atoms with Crippen LogP contribution in [0.25, 0.3) is 0 Å². The van der Waals surface area contributed by atoms with Crippen LogP contribution in [0.15, 0.2) is 35.1 Å². The topological polar surface area (TPSA) is 24.9 Å². The Morgan fingerprint density at radius 1 is 1.33 bits per heavy atom. The van der Waals surface area contributed by atoms with Gasteiger partial charge in [0.25, 0.3) is 0 Å². The van der Waals surface area contributed by atoms with Gasteiger partial charge in [-0.3, -0.25) is 4.98 Å². The molecule has 0 saturated heterocycles. The molecule has 0 spiro atoms. The van der Waals surface area contributed by atoms with Crippen molar-refractivity contribution in [3.8, 4) is 0 Å². The standard InChI is InChI=1S/C15H14BrClF2N2/c1-2-5-21-15(9-6-10(18)8-20-7-9)11-3-4-12(16)13(17)14(11)19/h3-4,6-8,15,21H,2,5H2,1H3. The van der Waals surface area contributed by atoms with Crippen molar-refractivity contribution in [2.75, 3.05) is 6.54 Å². The zero-order valence-corrected chi connectivity index (χ0v) is 13.7. The van der Waals surface area contributed by atoms with Crippen LogP contribution in [0.5, 0.6) is 0 Å². The second-order valence-corrected chi connectivity index (χ2v) is 5.82. The van der Waals surface area contributed by atoms with E-state index in [4.69, 9.17) is 11.6 Å². The summed E-state index contributed by atoms with van der Waals surface area (Å²) in [5.41, 5.74) is 0.921. The van der Waals surface area contributed by atoms with Crippen LogP contribution in [-0.4, -0.2) is 11.5 Å². The molecular weight excluding hydrogens is 362 g/mol. The molecule has 6 heteroatoms. The number of hydrogen-bond donors (Lipinski definition) is 1. The summed E-state index contributed by atoms with van der Waals surface area (Å²) in [6.07, 6.45) is 3.50. The quantitative estimate of drug-likeness (QED) is 0.755. The maximum absolute atomic E-state index is 14.4. The predicted octanol–water partition coefficient (Wildman–Crippen LogP) is 4.86. The number of nitrogens with zero attached hydrogens (tertiary/aromatic N) is 1. The van der Waals surface area contributed by atoms with Crippen LogP contribution in [0.4, 0.5) is 8.78 Å². The smallest absolute Gasteiger partial charge is 0.148 e. The first kappa shape index (κ1) is 16.3. The van der Waals surface area contributed by atoms with Crippen molar-refractivity contribution in [1.29, 1.82) is 0 Å². The highest BCUT2D eigenvalue weighted by Crippen LogP contribution is 2.32. The Hall–Kier alpha value is -1.04. The third-order valence-electron chi connectivity index (χ3n) is 3.03. The highest BCUT2D eigenvalue weighted by Gasteiger charge is 2.21. The van der Waals surface area contributed by atoms with E-state index in [0.717, 1.165) is 12.6 Å². The lowest BCUT2D eigenvalue weighted by molar-refractivity contribution is 0.540. The molecule has 1 aromatic carbocycles.